The molecule has 1 rings (SSSR count). The van der Waals surface area contributed by atoms with E-state index in [-0.39, 0.29) is 19.3 Å². The van der Waals surface area contributed by atoms with E-state index in [1.165, 1.54) is 0 Å². The number of hydrogen-bond acceptors (Lipinski definition) is 24. The molecule has 0 aliphatic heterocycles. The minimum absolute atomic E-state index is 0.134. The molecule has 27 nitrogen and oxygen atoms in total. The zero-order chi connectivity index (χ0) is 58.7. The molecule has 27 heteroatoms. The first-order chi connectivity index (χ1) is 37.0. The second kappa shape index (κ2) is 35.0. The van der Waals surface area contributed by atoms with Gasteiger partial charge in [0, 0.05) is 72.8 Å². The number of alkyl carbamates (subject to hydrolysis) is 3. The largest absolute Gasteiger partial charge is 0.462 e. The summed E-state index contributed by atoms with van der Waals surface area (Å²) in [6.07, 6.45) is 3.35. The second-order valence-corrected chi connectivity index (χ2v) is 16.8. The molecule has 0 aromatic heterocycles. The van der Waals surface area contributed by atoms with Crippen LogP contribution in [-0.2, 0) is 100.0 Å². The van der Waals surface area contributed by atoms with E-state index in [1.807, 2.05) is 0 Å². The van der Waals surface area contributed by atoms with Crippen LogP contribution < -0.4 is 16.0 Å². The van der Waals surface area contributed by atoms with Crippen LogP contribution in [0.25, 0.3) is 0 Å². The maximum Gasteiger partial charge on any atom is 0.407 e. The van der Waals surface area contributed by atoms with E-state index >= 15 is 0 Å². The van der Waals surface area contributed by atoms with Gasteiger partial charge in [-0.2, -0.15) is 0 Å². The Morgan fingerprint density at radius 3 is 0.526 bits per heavy atom. The van der Waals surface area contributed by atoms with Gasteiger partial charge in [0.2, 0.25) is 0 Å². The molecule has 3 amide bonds. The summed E-state index contributed by atoms with van der Waals surface area (Å²) in [7, 11) is 0. The van der Waals surface area contributed by atoms with E-state index in [2.05, 4.69) is 75.2 Å². The zero-order valence-electron chi connectivity index (χ0n) is 42.7. The summed E-state index contributed by atoms with van der Waals surface area (Å²) in [5.41, 5.74) is -5.24. The van der Waals surface area contributed by atoms with Crippen molar-refractivity contribution in [2.45, 2.75) is 37.4 Å². The fourth-order valence-corrected chi connectivity index (χ4v) is 6.25. The van der Waals surface area contributed by atoms with Gasteiger partial charge >= 0.3 is 72.0 Å². The van der Waals surface area contributed by atoms with Gasteiger partial charge in [-0.15, -0.1) is 0 Å². The van der Waals surface area contributed by atoms with Crippen LogP contribution in [0.5, 0.6) is 0 Å². The van der Waals surface area contributed by atoms with E-state index < -0.39 is 186 Å². The van der Waals surface area contributed by atoms with E-state index in [0.29, 0.717) is 0 Å². The molecular formula is C51H63N3O24. The van der Waals surface area contributed by atoms with E-state index in [0.717, 1.165) is 54.7 Å². The summed E-state index contributed by atoms with van der Waals surface area (Å²) in [4.78, 5) is 150. The quantitative estimate of drug-likeness (QED) is 0.0459. The predicted molar refractivity (Wildman–Crippen MR) is 266 cm³/mol. The van der Waals surface area contributed by atoms with Crippen molar-refractivity contribution in [2.24, 2.45) is 16.2 Å². The number of ether oxygens (including phenoxy) is 12. The molecule has 0 aromatic rings. The van der Waals surface area contributed by atoms with E-state index in [1.54, 1.807) is 0 Å². The Morgan fingerprint density at radius 2 is 0.397 bits per heavy atom. The Bertz CT molecular complexity index is 1850. The third-order valence-corrected chi connectivity index (χ3v) is 10.4. The topological polar surface area (TPSA) is 352 Å². The number of rotatable bonds is 36. The molecule has 3 N–H and O–H groups in total. The van der Waals surface area contributed by atoms with Gasteiger partial charge < -0.3 is 72.8 Å². The maximum atomic E-state index is 13.6. The first kappa shape index (κ1) is 66.7. The van der Waals surface area contributed by atoms with Crippen LogP contribution >= 0.6 is 0 Å². The third-order valence-electron chi connectivity index (χ3n) is 10.4. The standard InChI is InChI=1S/C51H63N3O24/c1-10-37(55)67-22-49(23-68-38(56)11-2,24-69-39(57)12-3)31-76-46(64)52-34-19-35(53-47(65)77-32-50(25-70-40(58)13-4,26-71-41(59)14-5)27-72-42(60)15-6)21-36(20-34)54-48(66)78-33-51(28-73-43(61)16-7,29-74-44(62)17-8)30-75-45(63)18-9/h10-18,34-36H,1-9,19-33H2,(H,52,64)(H,53,65)(H,54,66). The number of hydrogen-bond donors (Lipinski definition) is 3. The lowest BCUT2D eigenvalue weighted by molar-refractivity contribution is -0.161. The molecule has 0 radical (unpaired) electrons. The Labute approximate surface area is 448 Å². The van der Waals surface area contributed by atoms with Crippen molar-refractivity contribution in [3.05, 3.63) is 114 Å². The average molecular weight is 1100 g/mol. The number of carbonyl (C=O) groups excluding carboxylic acids is 12. The average Bonchev–Trinajstić information content (AvgIpc) is 3.45. The van der Waals surface area contributed by atoms with Crippen molar-refractivity contribution in [1.82, 2.24) is 16.0 Å². The lowest BCUT2D eigenvalue weighted by Crippen LogP contribution is -2.55. The van der Waals surface area contributed by atoms with Gasteiger partial charge in [-0.05, 0) is 19.3 Å². The summed E-state index contributed by atoms with van der Waals surface area (Å²) in [5.74, 6) is -8.55. The van der Waals surface area contributed by atoms with Gasteiger partial charge in [0.15, 0.2) is 0 Å². The van der Waals surface area contributed by atoms with E-state index in [9.17, 15) is 57.5 Å². The summed E-state index contributed by atoms with van der Waals surface area (Å²) < 4.78 is 63.0. The van der Waals surface area contributed by atoms with Crippen LogP contribution in [-0.4, -0.2) is 169 Å². The van der Waals surface area contributed by atoms with Crippen LogP contribution in [0.1, 0.15) is 19.3 Å². The molecule has 0 saturated heterocycles. The molecular weight excluding hydrogens is 1040 g/mol. The third kappa shape index (κ3) is 26.3. The zero-order valence-corrected chi connectivity index (χ0v) is 42.7. The molecule has 1 aliphatic carbocycles. The van der Waals surface area contributed by atoms with Crippen molar-refractivity contribution < 1.29 is 114 Å². The molecule has 426 valence electrons. The SMILES string of the molecule is C=CC(=O)OCC(COC(=O)C=C)(COC(=O)C=C)COC(=O)NC1CC(NC(=O)OCC(COC(=O)C=C)(COC(=O)C=C)COC(=O)C=C)CC(NC(=O)OCC(COC(=O)C=C)(COC(=O)C=C)COC(=O)C=C)C1. The Morgan fingerprint density at radius 1 is 0.269 bits per heavy atom. The minimum Gasteiger partial charge on any atom is -0.462 e. The maximum absolute atomic E-state index is 13.6. The van der Waals surface area contributed by atoms with E-state index in [4.69, 9.17) is 56.8 Å². The monoisotopic (exact) mass is 1100 g/mol. The van der Waals surface area contributed by atoms with Crippen molar-refractivity contribution in [2.75, 3.05) is 79.3 Å². The summed E-state index contributed by atoms with van der Waals surface area (Å²) in [5, 5.41) is 7.74. The van der Waals surface area contributed by atoms with Crippen LogP contribution in [0.4, 0.5) is 14.4 Å². The van der Waals surface area contributed by atoms with Crippen LogP contribution in [0, 0.1) is 16.2 Å². The Kier molecular flexibility index (Phi) is 30.0. The highest BCUT2D eigenvalue weighted by atomic mass is 16.6. The summed E-state index contributed by atoms with van der Waals surface area (Å²) in [6, 6.07) is -3.10. The number of esters is 9. The molecule has 0 heterocycles. The number of amides is 3. The molecule has 0 unspecified atom stereocenters. The number of carbonyl (C=O) groups is 12. The molecule has 1 saturated carbocycles. The van der Waals surface area contributed by atoms with Crippen molar-refractivity contribution >= 4 is 72.0 Å². The Hall–Kier alpha value is -9.30. The minimum atomic E-state index is -1.75. The molecule has 0 aromatic carbocycles. The first-order valence-electron chi connectivity index (χ1n) is 22.9. The highest BCUT2D eigenvalue weighted by molar-refractivity contribution is 5.84. The number of nitrogens with one attached hydrogen (secondary N) is 3. The molecule has 0 spiro atoms. The Balaban J connectivity index is 3.70. The smallest absolute Gasteiger partial charge is 0.407 e. The van der Waals surface area contributed by atoms with Gasteiger partial charge in [-0.25, -0.2) is 57.5 Å². The highest BCUT2D eigenvalue weighted by Gasteiger charge is 2.42. The van der Waals surface area contributed by atoms with Gasteiger partial charge in [-0.1, -0.05) is 59.2 Å². The normalized spacial score (nSPS) is 14.5. The second-order valence-electron chi connectivity index (χ2n) is 16.8. The summed E-state index contributed by atoms with van der Waals surface area (Å²) >= 11 is 0. The summed E-state index contributed by atoms with van der Waals surface area (Å²) in [6.45, 7) is 21.6. The fourth-order valence-electron chi connectivity index (χ4n) is 6.25. The lowest BCUT2D eigenvalue weighted by atomic mass is 9.87. The molecule has 1 aliphatic rings. The lowest BCUT2D eigenvalue weighted by Gasteiger charge is -2.36. The van der Waals surface area contributed by atoms with Gasteiger partial charge in [0.25, 0.3) is 0 Å². The van der Waals surface area contributed by atoms with Crippen LogP contribution in [0.15, 0.2) is 114 Å². The van der Waals surface area contributed by atoms with Crippen molar-refractivity contribution in [3.63, 3.8) is 0 Å². The molecule has 1 fully saturated rings. The van der Waals surface area contributed by atoms with Crippen LogP contribution in [0.2, 0.25) is 0 Å². The van der Waals surface area contributed by atoms with Gasteiger partial charge in [-0.3, -0.25) is 0 Å². The van der Waals surface area contributed by atoms with Gasteiger partial charge in [0.1, 0.15) is 95.5 Å². The molecule has 0 atom stereocenters. The van der Waals surface area contributed by atoms with Crippen molar-refractivity contribution in [1.29, 1.82) is 0 Å². The highest BCUT2D eigenvalue weighted by Crippen LogP contribution is 2.26. The van der Waals surface area contributed by atoms with Crippen molar-refractivity contribution in [3.8, 4) is 0 Å². The fraction of sp³-hybridized carbons (Fsp3) is 0.412. The van der Waals surface area contributed by atoms with Crippen LogP contribution in [0.3, 0.4) is 0 Å². The first-order valence-corrected chi connectivity index (χ1v) is 22.9. The molecule has 78 heavy (non-hydrogen) atoms. The predicted octanol–water partition coefficient (Wildman–Crippen LogP) is 1.98. The van der Waals surface area contributed by atoms with Gasteiger partial charge in [0.05, 0.1) is 0 Å². The molecule has 0 bridgehead atoms.